The van der Waals surface area contributed by atoms with Crippen LogP contribution in [-0.2, 0) is 4.79 Å². The van der Waals surface area contributed by atoms with Crippen LogP contribution in [0.15, 0.2) is 0 Å². The highest BCUT2D eigenvalue weighted by Gasteiger charge is 2.28. The zero-order valence-electron chi connectivity index (χ0n) is 12.2. The van der Waals surface area contributed by atoms with Crippen molar-refractivity contribution in [3.63, 3.8) is 0 Å². The van der Waals surface area contributed by atoms with E-state index in [-0.39, 0.29) is 18.0 Å². The number of nitrogens with zero attached hydrogens (tertiary/aromatic N) is 1. The Bertz CT molecular complexity index is 292. The van der Waals surface area contributed by atoms with E-state index in [9.17, 15) is 9.59 Å². The van der Waals surface area contributed by atoms with Crippen molar-refractivity contribution in [2.45, 2.75) is 53.1 Å². The van der Waals surface area contributed by atoms with Crippen molar-refractivity contribution in [3.05, 3.63) is 0 Å². The molecule has 2 amide bonds. The fraction of sp³-hybridized carbons (Fsp3) is 0.846. The van der Waals surface area contributed by atoms with Crippen molar-refractivity contribution >= 4 is 12.0 Å². The molecule has 5 heteroatoms. The van der Waals surface area contributed by atoms with E-state index in [0.717, 1.165) is 0 Å². The highest BCUT2D eigenvalue weighted by atomic mass is 16.4. The Labute approximate surface area is 110 Å². The first-order valence-electron chi connectivity index (χ1n) is 6.48. The number of carbonyl (C=O) groups is 2. The largest absolute Gasteiger partial charge is 0.480 e. The molecule has 0 saturated carbocycles. The van der Waals surface area contributed by atoms with Crippen LogP contribution in [0.3, 0.4) is 0 Å². The molecular weight excluding hydrogens is 232 g/mol. The molecule has 0 saturated heterocycles. The zero-order valence-corrected chi connectivity index (χ0v) is 12.2. The number of aliphatic carboxylic acids is 1. The number of nitrogens with one attached hydrogen (secondary N) is 1. The van der Waals surface area contributed by atoms with Gasteiger partial charge in [0.1, 0.15) is 6.04 Å². The Hall–Kier alpha value is -1.26. The fourth-order valence-electron chi connectivity index (χ4n) is 1.55. The molecule has 0 aliphatic rings. The van der Waals surface area contributed by atoms with Crippen molar-refractivity contribution in [2.75, 3.05) is 7.05 Å². The monoisotopic (exact) mass is 258 g/mol. The molecule has 3 atom stereocenters. The van der Waals surface area contributed by atoms with Crippen molar-refractivity contribution in [3.8, 4) is 0 Å². The van der Waals surface area contributed by atoms with E-state index >= 15 is 0 Å². The van der Waals surface area contributed by atoms with E-state index in [1.165, 1.54) is 0 Å². The summed E-state index contributed by atoms with van der Waals surface area (Å²) in [6.07, 6.45) is 0.709. The molecular formula is C13H26N2O3. The summed E-state index contributed by atoms with van der Waals surface area (Å²) >= 11 is 0. The summed E-state index contributed by atoms with van der Waals surface area (Å²) in [4.78, 5) is 24.7. The third-order valence-corrected chi connectivity index (χ3v) is 3.65. The summed E-state index contributed by atoms with van der Waals surface area (Å²) in [5.41, 5.74) is 0. The van der Waals surface area contributed by atoms with Gasteiger partial charge in [0.15, 0.2) is 0 Å². The molecule has 0 aromatic heterocycles. The molecule has 18 heavy (non-hydrogen) atoms. The quantitative estimate of drug-likeness (QED) is 0.767. The number of amides is 2. The first-order valence-corrected chi connectivity index (χ1v) is 6.48. The van der Waals surface area contributed by atoms with Crippen LogP contribution >= 0.6 is 0 Å². The standard InChI is InChI=1S/C13H26N2O3/c1-7-9(4)11(12(16)17)14-13(18)15(6)10(5)8(2)3/h8-11H,7H2,1-6H3,(H,14,18)(H,16,17). The second kappa shape index (κ2) is 7.24. The molecule has 0 bridgehead atoms. The van der Waals surface area contributed by atoms with Gasteiger partial charge in [-0.1, -0.05) is 34.1 Å². The van der Waals surface area contributed by atoms with E-state index in [2.05, 4.69) is 5.32 Å². The molecule has 0 heterocycles. The minimum absolute atomic E-state index is 0.0661. The second-order valence-electron chi connectivity index (χ2n) is 5.25. The maximum atomic E-state index is 12.0. The maximum Gasteiger partial charge on any atom is 0.326 e. The summed E-state index contributed by atoms with van der Waals surface area (Å²) in [6, 6.07) is -1.09. The molecule has 0 aromatic rings. The van der Waals surface area contributed by atoms with Gasteiger partial charge in [0.05, 0.1) is 0 Å². The van der Waals surface area contributed by atoms with Crippen LogP contribution in [0, 0.1) is 11.8 Å². The highest BCUT2D eigenvalue weighted by molar-refractivity contribution is 5.82. The molecule has 3 unspecified atom stereocenters. The average Bonchev–Trinajstić information content (AvgIpc) is 2.32. The summed E-state index contributed by atoms with van der Waals surface area (Å²) in [6.45, 7) is 9.73. The van der Waals surface area contributed by atoms with Gasteiger partial charge < -0.3 is 15.3 Å². The summed E-state index contributed by atoms with van der Waals surface area (Å²) in [5.74, 6) is -0.745. The van der Waals surface area contributed by atoms with Gasteiger partial charge in [-0.25, -0.2) is 9.59 Å². The minimum atomic E-state index is -0.983. The Morgan fingerprint density at radius 2 is 1.72 bits per heavy atom. The molecule has 106 valence electrons. The predicted octanol–water partition coefficient (Wildman–Crippen LogP) is 2.17. The van der Waals surface area contributed by atoms with Crippen molar-refractivity contribution in [1.29, 1.82) is 0 Å². The van der Waals surface area contributed by atoms with E-state index < -0.39 is 12.0 Å². The maximum absolute atomic E-state index is 12.0. The minimum Gasteiger partial charge on any atom is -0.480 e. The molecule has 0 radical (unpaired) electrons. The lowest BCUT2D eigenvalue weighted by Crippen LogP contribution is -2.52. The molecule has 0 fully saturated rings. The van der Waals surface area contributed by atoms with Gasteiger partial charge in [0.2, 0.25) is 0 Å². The SMILES string of the molecule is CCC(C)C(NC(=O)N(C)C(C)C(C)C)C(=O)O. The lowest BCUT2D eigenvalue weighted by atomic mass is 9.99. The highest BCUT2D eigenvalue weighted by Crippen LogP contribution is 2.11. The van der Waals surface area contributed by atoms with Crippen molar-refractivity contribution < 1.29 is 14.7 Å². The van der Waals surface area contributed by atoms with Crippen LogP contribution in [0.5, 0.6) is 0 Å². The Morgan fingerprint density at radius 3 is 2.06 bits per heavy atom. The number of hydrogen-bond acceptors (Lipinski definition) is 2. The molecule has 0 aliphatic heterocycles. The summed E-state index contributed by atoms with van der Waals surface area (Å²) < 4.78 is 0. The Balaban J connectivity index is 4.65. The number of carboxylic acids is 1. The van der Waals surface area contributed by atoms with Gasteiger partial charge in [-0.3, -0.25) is 0 Å². The smallest absolute Gasteiger partial charge is 0.326 e. The van der Waals surface area contributed by atoms with Gasteiger partial charge in [0, 0.05) is 13.1 Å². The first-order chi connectivity index (χ1) is 8.22. The average molecular weight is 258 g/mol. The molecule has 0 rings (SSSR count). The van der Waals surface area contributed by atoms with Crippen LogP contribution in [0.1, 0.15) is 41.0 Å². The van der Waals surface area contributed by atoms with Crippen molar-refractivity contribution in [2.24, 2.45) is 11.8 Å². The molecule has 0 aromatic carbocycles. The van der Waals surface area contributed by atoms with Gasteiger partial charge in [0.25, 0.3) is 0 Å². The van der Waals surface area contributed by atoms with Crippen LogP contribution in [0.2, 0.25) is 0 Å². The van der Waals surface area contributed by atoms with Crippen LogP contribution in [0.25, 0.3) is 0 Å². The van der Waals surface area contributed by atoms with Gasteiger partial charge >= 0.3 is 12.0 Å². The third-order valence-electron chi connectivity index (χ3n) is 3.65. The number of carboxylic acid groups (broad SMARTS) is 1. The first kappa shape index (κ1) is 16.7. The topological polar surface area (TPSA) is 69.6 Å². The number of carbonyl (C=O) groups excluding carboxylic acids is 1. The lowest BCUT2D eigenvalue weighted by molar-refractivity contribution is -0.140. The van der Waals surface area contributed by atoms with E-state index in [4.69, 9.17) is 5.11 Å². The van der Waals surface area contributed by atoms with Crippen LogP contribution < -0.4 is 5.32 Å². The third kappa shape index (κ3) is 4.55. The van der Waals surface area contributed by atoms with E-state index in [1.54, 1.807) is 11.9 Å². The lowest BCUT2D eigenvalue weighted by Gasteiger charge is -2.30. The molecule has 0 spiro atoms. The second-order valence-corrected chi connectivity index (χ2v) is 5.25. The van der Waals surface area contributed by atoms with Crippen molar-refractivity contribution in [1.82, 2.24) is 10.2 Å². The van der Waals surface area contributed by atoms with E-state index in [0.29, 0.717) is 12.3 Å². The zero-order chi connectivity index (χ0) is 14.5. The Morgan fingerprint density at radius 1 is 1.22 bits per heavy atom. The summed E-state index contributed by atoms with van der Waals surface area (Å²) in [7, 11) is 1.69. The molecule has 0 aliphatic carbocycles. The predicted molar refractivity (Wildman–Crippen MR) is 71.5 cm³/mol. The van der Waals surface area contributed by atoms with E-state index in [1.807, 2.05) is 34.6 Å². The summed E-state index contributed by atoms with van der Waals surface area (Å²) in [5, 5.41) is 11.7. The number of rotatable bonds is 6. The number of urea groups is 1. The van der Waals surface area contributed by atoms with Gasteiger partial charge in [-0.2, -0.15) is 0 Å². The fourth-order valence-corrected chi connectivity index (χ4v) is 1.55. The van der Waals surface area contributed by atoms with Crippen LogP contribution in [-0.4, -0.2) is 41.1 Å². The molecule has 5 nitrogen and oxygen atoms in total. The van der Waals surface area contributed by atoms with Crippen LogP contribution in [0.4, 0.5) is 4.79 Å². The normalized spacial score (nSPS) is 15.9. The Kier molecular flexibility index (Phi) is 6.73. The number of hydrogen-bond donors (Lipinski definition) is 2. The van der Waals surface area contributed by atoms with Gasteiger partial charge in [-0.05, 0) is 18.8 Å². The molecule has 2 N–H and O–H groups in total. The van der Waals surface area contributed by atoms with Gasteiger partial charge in [-0.15, -0.1) is 0 Å².